The summed E-state index contributed by atoms with van der Waals surface area (Å²) in [4.78, 5) is 25.4. The first-order valence-electron chi connectivity index (χ1n) is 7.73. The van der Waals surface area contributed by atoms with Crippen LogP contribution in [0.5, 0.6) is 0 Å². The lowest BCUT2D eigenvalue weighted by Gasteiger charge is -2.10. The molecule has 0 unspecified atom stereocenters. The van der Waals surface area contributed by atoms with Gasteiger partial charge in [0.25, 0.3) is 5.91 Å². The van der Waals surface area contributed by atoms with Crippen LogP contribution in [0.25, 0.3) is 0 Å². The van der Waals surface area contributed by atoms with Crippen molar-refractivity contribution in [1.82, 2.24) is 4.90 Å². The Labute approximate surface area is 151 Å². The number of halogens is 1. The van der Waals surface area contributed by atoms with Crippen LogP contribution in [-0.4, -0.2) is 30.8 Å². The zero-order valence-corrected chi connectivity index (χ0v) is 15.7. The summed E-state index contributed by atoms with van der Waals surface area (Å²) in [5, 5.41) is 2.90. The van der Waals surface area contributed by atoms with Gasteiger partial charge in [-0.15, -0.1) is 0 Å². The number of hydrogen-bond donors (Lipinski definition) is 1. The molecule has 0 bridgehead atoms. The fraction of sp³-hybridized carbons (Fsp3) is 0.263. The van der Waals surface area contributed by atoms with Gasteiger partial charge in [-0.3, -0.25) is 9.59 Å². The van der Waals surface area contributed by atoms with E-state index in [9.17, 15) is 9.59 Å². The topological polar surface area (TPSA) is 49.4 Å². The van der Waals surface area contributed by atoms with E-state index in [0.717, 1.165) is 21.3 Å². The summed E-state index contributed by atoms with van der Waals surface area (Å²) >= 11 is 3.46. The lowest BCUT2D eigenvalue weighted by molar-refractivity contribution is -0.116. The summed E-state index contributed by atoms with van der Waals surface area (Å²) in [7, 11) is 3.45. The van der Waals surface area contributed by atoms with E-state index in [1.165, 1.54) is 0 Å². The van der Waals surface area contributed by atoms with Crippen LogP contribution in [0.3, 0.4) is 0 Å². The van der Waals surface area contributed by atoms with Gasteiger partial charge in [-0.25, -0.2) is 0 Å². The van der Waals surface area contributed by atoms with Crippen LogP contribution in [0.15, 0.2) is 46.9 Å². The van der Waals surface area contributed by atoms with Crippen LogP contribution in [0, 0.1) is 6.92 Å². The minimum Gasteiger partial charge on any atom is -0.345 e. The molecule has 0 heterocycles. The SMILES string of the molecule is Cc1ccc(NC(=O)CCc2ccc(C(=O)N(C)C)cc2)cc1Br. The molecule has 0 aliphatic rings. The van der Waals surface area contributed by atoms with Gasteiger partial charge in [0, 0.05) is 36.2 Å². The molecule has 126 valence electrons. The van der Waals surface area contributed by atoms with Gasteiger partial charge in [0.05, 0.1) is 0 Å². The van der Waals surface area contributed by atoms with Crippen molar-refractivity contribution in [3.05, 3.63) is 63.6 Å². The van der Waals surface area contributed by atoms with Crippen molar-refractivity contribution in [2.75, 3.05) is 19.4 Å². The standard InChI is InChI=1S/C19H21BrN2O2/c1-13-4-10-16(12-17(13)20)21-18(23)11-7-14-5-8-15(9-6-14)19(24)22(2)3/h4-6,8-10,12H,7,11H2,1-3H3,(H,21,23). The molecule has 0 saturated carbocycles. The van der Waals surface area contributed by atoms with Crippen LogP contribution in [0.1, 0.15) is 27.9 Å². The number of aryl methyl sites for hydroxylation is 2. The fourth-order valence-corrected chi connectivity index (χ4v) is 2.60. The lowest BCUT2D eigenvalue weighted by Crippen LogP contribution is -2.21. The maximum Gasteiger partial charge on any atom is 0.253 e. The average molecular weight is 389 g/mol. The molecule has 0 aromatic heterocycles. The number of benzene rings is 2. The summed E-state index contributed by atoms with van der Waals surface area (Å²) in [6.07, 6.45) is 1.03. The highest BCUT2D eigenvalue weighted by atomic mass is 79.9. The second-order valence-corrected chi connectivity index (χ2v) is 6.76. The molecule has 0 radical (unpaired) electrons. The molecule has 4 nitrogen and oxygen atoms in total. The van der Waals surface area contributed by atoms with Gasteiger partial charge in [0.15, 0.2) is 0 Å². The van der Waals surface area contributed by atoms with Crippen LogP contribution in [-0.2, 0) is 11.2 Å². The second-order valence-electron chi connectivity index (χ2n) is 5.91. The monoisotopic (exact) mass is 388 g/mol. The zero-order valence-electron chi connectivity index (χ0n) is 14.1. The number of nitrogens with zero attached hydrogens (tertiary/aromatic N) is 1. The Morgan fingerprint density at radius 3 is 2.33 bits per heavy atom. The summed E-state index contributed by atoms with van der Waals surface area (Å²) < 4.78 is 0.974. The first kappa shape index (κ1) is 18.2. The third-order valence-corrected chi connectivity index (χ3v) is 4.56. The average Bonchev–Trinajstić information content (AvgIpc) is 2.56. The molecule has 0 atom stereocenters. The van der Waals surface area contributed by atoms with E-state index in [1.54, 1.807) is 31.1 Å². The molecular weight excluding hydrogens is 368 g/mol. The van der Waals surface area contributed by atoms with E-state index in [0.29, 0.717) is 18.4 Å². The molecule has 1 N–H and O–H groups in total. The minimum atomic E-state index is -0.0285. The molecule has 0 spiro atoms. The number of anilines is 1. The van der Waals surface area contributed by atoms with Crippen molar-refractivity contribution in [3.63, 3.8) is 0 Å². The van der Waals surface area contributed by atoms with Crippen molar-refractivity contribution >= 4 is 33.4 Å². The zero-order chi connectivity index (χ0) is 17.7. The maximum absolute atomic E-state index is 12.1. The third kappa shape index (κ3) is 4.93. The molecule has 0 aliphatic carbocycles. The molecule has 2 aromatic rings. The first-order valence-corrected chi connectivity index (χ1v) is 8.52. The number of nitrogens with one attached hydrogen (secondary N) is 1. The number of rotatable bonds is 5. The molecule has 2 aromatic carbocycles. The number of hydrogen-bond acceptors (Lipinski definition) is 2. The quantitative estimate of drug-likeness (QED) is 0.840. The molecule has 2 amide bonds. The normalized spacial score (nSPS) is 10.3. The van der Waals surface area contributed by atoms with Crippen LogP contribution in [0.4, 0.5) is 5.69 Å². The smallest absolute Gasteiger partial charge is 0.253 e. The minimum absolute atomic E-state index is 0.0239. The van der Waals surface area contributed by atoms with Crippen molar-refractivity contribution in [1.29, 1.82) is 0 Å². The van der Waals surface area contributed by atoms with Crippen LogP contribution in [0.2, 0.25) is 0 Å². The predicted molar refractivity (Wildman–Crippen MR) is 100 cm³/mol. The Bertz CT molecular complexity index is 740. The second kappa shape index (κ2) is 8.11. The van der Waals surface area contributed by atoms with Gasteiger partial charge < -0.3 is 10.2 Å². The molecule has 0 fully saturated rings. The van der Waals surface area contributed by atoms with Crippen molar-refractivity contribution in [3.8, 4) is 0 Å². The molecule has 2 rings (SSSR count). The highest BCUT2D eigenvalue weighted by Gasteiger charge is 2.08. The number of amides is 2. The van der Waals surface area contributed by atoms with Gasteiger partial charge in [-0.05, 0) is 48.7 Å². The summed E-state index contributed by atoms with van der Waals surface area (Å²) in [6.45, 7) is 2.00. The Kier molecular flexibility index (Phi) is 6.15. The van der Waals surface area contributed by atoms with Gasteiger partial charge in [0.1, 0.15) is 0 Å². The van der Waals surface area contributed by atoms with E-state index < -0.39 is 0 Å². The van der Waals surface area contributed by atoms with Gasteiger partial charge in [-0.1, -0.05) is 34.1 Å². The Balaban J connectivity index is 1.89. The van der Waals surface area contributed by atoms with Gasteiger partial charge in [0.2, 0.25) is 5.91 Å². The van der Waals surface area contributed by atoms with E-state index in [1.807, 2.05) is 37.3 Å². The van der Waals surface area contributed by atoms with Crippen molar-refractivity contribution in [2.45, 2.75) is 19.8 Å². The molecule has 5 heteroatoms. The Morgan fingerprint density at radius 1 is 1.08 bits per heavy atom. The molecule has 0 aliphatic heterocycles. The van der Waals surface area contributed by atoms with E-state index in [-0.39, 0.29) is 11.8 Å². The van der Waals surface area contributed by atoms with E-state index in [4.69, 9.17) is 0 Å². The predicted octanol–water partition coefficient (Wildman–Crippen LogP) is 4.03. The number of carbonyl (C=O) groups is 2. The first-order chi connectivity index (χ1) is 11.4. The lowest BCUT2D eigenvalue weighted by atomic mass is 10.1. The highest BCUT2D eigenvalue weighted by Crippen LogP contribution is 2.20. The van der Waals surface area contributed by atoms with Crippen molar-refractivity contribution < 1.29 is 9.59 Å². The summed E-state index contributed by atoms with van der Waals surface area (Å²) in [5.74, 6) is -0.0524. The van der Waals surface area contributed by atoms with Crippen molar-refractivity contribution in [2.24, 2.45) is 0 Å². The fourth-order valence-electron chi connectivity index (χ4n) is 2.22. The van der Waals surface area contributed by atoms with Crippen LogP contribution >= 0.6 is 15.9 Å². The molecule has 0 saturated heterocycles. The molecular formula is C19H21BrN2O2. The van der Waals surface area contributed by atoms with Crippen LogP contribution < -0.4 is 5.32 Å². The third-order valence-electron chi connectivity index (χ3n) is 3.70. The highest BCUT2D eigenvalue weighted by molar-refractivity contribution is 9.10. The van der Waals surface area contributed by atoms with E-state index in [2.05, 4.69) is 21.2 Å². The number of carbonyl (C=O) groups excluding carboxylic acids is 2. The summed E-state index contributed by atoms with van der Waals surface area (Å²) in [6, 6.07) is 13.1. The van der Waals surface area contributed by atoms with Gasteiger partial charge in [-0.2, -0.15) is 0 Å². The van der Waals surface area contributed by atoms with E-state index >= 15 is 0 Å². The largest absolute Gasteiger partial charge is 0.345 e. The maximum atomic E-state index is 12.1. The van der Waals surface area contributed by atoms with Gasteiger partial charge >= 0.3 is 0 Å². The Morgan fingerprint density at radius 2 is 1.75 bits per heavy atom. The summed E-state index contributed by atoms with van der Waals surface area (Å²) in [5.41, 5.74) is 3.59. The molecule has 24 heavy (non-hydrogen) atoms. The Hall–Kier alpha value is -2.14.